The Hall–Kier alpha value is -2.08. The van der Waals surface area contributed by atoms with Gasteiger partial charge < -0.3 is 0 Å². The van der Waals surface area contributed by atoms with Gasteiger partial charge in [-0.25, -0.2) is 0 Å². The fraction of sp³-hybridized carbons (Fsp3) is 0.167. The van der Waals surface area contributed by atoms with Crippen LogP contribution in [0.3, 0.4) is 0 Å². The highest BCUT2D eigenvalue weighted by Gasteiger charge is 2.29. The standard InChI is InChI=1S/C24H20N2S3/c1-3-8-17(9-4-1)21-15-28-23(25-21)20(14-19-12-7-13-27-19)24-26-22(16-29-24)18-10-5-2-6-11-18/h1-14,21-22H,15-16H2/t21-,22-/m1/s1. The van der Waals surface area contributed by atoms with Crippen LogP contribution >= 0.6 is 34.9 Å². The van der Waals surface area contributed by atoms with Gasteiger partial charge >= 0.3 is 0 Å². The second-order valence-electron chi connectivity index (χ2n) is 6.92. The first kappa shape index (κ1) is 18.9. The Labute approximate surface area is 183 Å². The largest absolute Gasteiger partial charge is 0.269 e. The minimum Gasteiger partial charge on any atom is -0.269 e. The number of hydrogen-bond donors (Lipinski definition) is 0. The van der Waals surface area contributed by atoms with Gasteiger partial charge in [-0.3, -0.25) is 9.98 Å². The van der Waals surface area contributed by atoms with Crippen molar-refractivity contribution in [3.05, 3.63) is 99.8 Å². The van der Waals surface area contributed by atoms with E-state index in [0.29, 0.717) is 0 Å². The van der Waals surface area contributed by atoms with Crippen LogP contribution < -0.4 is 0 Å². The van der Waals surface area contributed by atoms with Crippen molar-refractivity contribution in [2.45, 2.75) is 12.1 Å². The summed E-state index contributed by atoms with van der Waals surface area (Å²) in [5, 5.41) is 4.36. The molecule has 2 aliphatic heterocycles. The summed E-state index contributed by atoms with van der Waals surface area (Å²) in [6.45, 7) is 0. The van der Waals surface area contributed by atoms with E-state index in [2.05, 4.69) is 84.3 Å². The second kappa shape index (κ2) is 8.74. The molecule has 0 aliphatic carbocycles. The molecule has 29 heavy (non-hydrogen) atoms. The third kappa shape index (κ3) is 4.27. The molecule has 5 heteroatoms. The molecule has 2 aliphatic rings. The van der Waals surface area contributed by atoms with E-state index in [1.165, 1.54) is 21.6 Å². The zero-order chi connectivity index (χ0) is 19.5. The first-order valence-corrected chi connectivity index (χ1v) is 12.5. The Morgan fingerprint density at radius 2 is 1.28 bits per heavy atom. The van der Waals surface area contributed by atoms with E-state index >= 15 is 0 Å². The maximum atomic E-state index is 5.10. The Kier molecular flexibility index (Phi) is 5.70. The molecule has 2 aromatic carbocycles. The van der Waals surface area contributed by atoms with Crippen LogP contribution in [0, 0.1) is 0 Å². The molecule has 5 rings (SSSR count). The molecule has 0 bridgehead atoms. The van der Waals surface area contributed by atoms with Crippen LogP contribution in [-0.2, 0) is 0 Å². The molecule has 0 fully saturated rings. The molecule has 3 aromatic rings. The summed E-state index contributed by atoms with van der Waals surface area (Å²) in [6.07, 6.45) is 2.27. The number of thiophene rings is 1. The minimum atomic E-state index is 0.222. The van der Waals surface area contributed by atoms with Gasteiger partial charge in [-0.05, 0) is 28.6 Å². The topological polar surface area (TPSA) is 24.7 Å². The monoisotopic (exact) mass is 432 g/mol. The first-order chi connectivity index (χ1) is 14.4. The highest BCUT2D eigenvalue weighted by atomic mass is 32.2. The number of aliphatic imine (C=N–C) groups is 2. The summed E-state index contributed by atoms with van der Waals surface area (Å²) in [6, 6.07) is 25.9. The van der Waals surface area contributed by atoms with Gasteiger partial charge in [0.05, 0.1) is 12.1 Å². The van der Waals surface area contributed by atoms with Gasteiger partial charge in [0.25, 0.3) is 0 Å². The van der Waals surface area contributed by atoms with Crippen molar-refractivity contribution in [1.29, 1.82) is 0 Å². The van der Waals surface area contributed by atoms with Crippen LogP contribution in [0.4, 0.5) is 0 Å². The van der Waals surface area contributed by atoms with E-state index in [-0.39, 0.29) is 12.1 Å². The van der Waals surface area contributed by atoms with Gasteiger partial charge in [0.2, 0.25) is 0 Å². The molecule has 144 valence electrons. The molecular formula is C24H20N2S3. The van der Waals surface area contributed by atoms with Crippen LogP contribution in [0.15, 0.2) is 93.7 Å². The predicted molar refractivity (Wildman–Crippen MR) is 130 cm³/mol. The van der Waals surface area contributed by atoms with Crippen LogP contribution in [-0.4, -0.2) is 21.6 Å². The van der Waals surface area contributed by atoms with Gasteiger partial charge in [0, 0.05) is 22.0 Å². The minimum absolute atomic E-state index is 0.222. The van der Waals surface area contributed by atoms with Crippen molar-refractivity contribution in [3.8, 4) is 0 Å². The highest BCUT2D eigenvalue weighted by Crippen LogP contribution is 2.39. The van der Waals surface area contributed by atoms with Gasteiger partial charge in [-0.1, -0.05) is 66.7 Å². The van der Waals surface area contributed by atoms with Crippen LogP contribution in [0.25, 0.3) is 6.08 Å². The molecule has 3 heterocycles. The van der Waals surface area contributed by atoms with Crippen molar-refractivity contribution in [3.63, 3.8) is 0 Å². The van der Waals surface area contributed by atoms with Crippen molar-refractivity contribution >= 4 is 51.0 Å². The Morgan fingerprint density at radius 3 is 1.76 bits per heavy atom. The SMILES string of the molecule is C(=C(C1=N[C@@H](c2ccccc2)CS1)C1=N[C@@H](c2ccccc2)CS1)c1cccs1. The zero-order valence-electron chi connectivity index (χ0n) is 15.8. The predicted octanol–water partition coefficient (Wildman–Crippen LogP) is 6.90. The number of benzene rings is 2. The fourth-order valence-corrected chi connectivity index (χ4v) is 6.38. The lowest BCUT2D eigenvalue weighted by atomic mass is 10.1. The molecule has 1 aromatic heterocycles. The molecule has 0 saturated carbocycles. The molecule has 0 radical (unpaired) electrons. The number of nitrogens with zero attached hydrogens (tertiary/aromatic N) is 2. The molecule has 2 atom stereocenters. The van der Waals surface area contributed by atoms with Crippen LogP contribution in [0.5, 0.6) is 0 Å². The van der Waals surface area contributed by atoms with Gasteiger partial charge in [-0.2, -0.15) is 0 Å². The van der Waals surface area contributed by atoms with E-state index in [1.807, 2.05) is 23.5 Å². The van der Waals surface area contributed by atoms with Gasteiger partial charge in [0.15, 0.2) is 0 Å². The average molecular weight is 433 g/mol. The van der Waals surface area contributed by atoms with Gasteiger partial charge in [0.1, 0.15) is 10.1 Å². The third-order valence-corrected chi connectivity index (χ3v) is 7.94. The molecule has 0 spiro atoms. The van der Waals surface area contributed by atoms with E-state index in [4.69, 9.17) is 9.98 Å². The summed E-state index contributed by atoms with van der Waals surface area (Å²) in [5.41, 5.74) is 3.75. The number of hydrogen-bond acceptors (Lipinski definition) is 5. The lowest BCUT2D eigenvalue weighted by molar-refractivity contribution is 0.848. The first-order valence-electron chi connectivity index (χ1n) is 9.64. The summed E-state index contributed by atoms with van der Waals surface area (Å²) in [4.78, 5) is 11.5. The summed E-state index contributed by atoms with van der Waals surface area (Å²) in [7, 11) is 0. The quantitative estimate of drug-likeness (QED) is 0.438. The van der Waals surface area contributed by atoms with Crippen LogP contribution in [0.1, 0.15) is 28.1 Å². The number of thioether (sulfide) groups is 2. The van der Waals surface area contributed by atoms with E-state index in [0.717, 1.165) is 21.6 Å². The summed E-state index contributed by atoms with van der Waals surface area (Å²) in [5.74, 6) is 1.97. The maximum absolute atomic E-state index is 5.10. The molecule has 2 nitrogen and oxygen atoms in total. The van der Waals surface area contributed by atoms with Crippen molar-refractivity contribution in [2.75, 3.05) is 11.5 Å². The lowest BCUT2D eigenvalue weighted by Crippen LogP contribution is -2.04. The molecule has 0 saturated heterocycles. The highest BCUT2D eigenvalue weighted by molar-refractivity contribution is 8.17. The van der Waals surface area contributed by atoms with E-state index in [9.17, 15) is 0 Å². The number of rotatable bonds is 5. The average Bonchev–Trinajstić information content (AvgIpc) is 3.55. The van der Waals surface area contributed by atoms with Crippen molar-refractivity contribution < 1.29 is 0 Å². The lowest BCUT2D eigenvalue weighted by Gasteiger charge is -2.06. The molecule has 0 N–H and O–H groups in total. The molecular weight excluding hydrogens is 412 g/mol. The smallest absolute Gasteiger partial charge is 0.101 e. The third-order valence-electron chi connectivity index (χ3n) is 4.96. The second-order valence-corrected chi connectivity index (χ2v) is 9.91. The van der Waals surface area contributed by atoms with Crippen LogP contribution in [0.2, 0.25) is 0 Å². The summed E-state index contributed by atoms with van der Waals surface area (Å²) >= 11 is 5.46. The molecule has 0 amide bonds. The summed E-state index contributed by atoms with van der Waals surface area (Å²) < 4.78 is 0. The van der Waals surface area contributed by atoms with E-state index in [1.54, 1.807) is 11.3 Å². The fourth-order valence-electron chi connectivity index (χ4n) is 3.46. The zero-order valence-corrected chi connectivity index (χ0v) is 18.2. The normalized spacial score (nSPS) is 21.0. The van der Waals surface area contributed by atoms with Crippen molar-refractivity contribution in [2.24, 2.45) is 9.98 Å². The van der Waals surface area contributed by atoms with Crippen molar-refractivity contribution in [1.82, 2.24) is 0 Å². The van der Waals surface area contributed by atoms with E-state index < -0.39 is 0 Å². The maximum Gasteiger partial charge on any atom is 0.101 e. The Balaban J connectivity index is 1.49. The Morgan fingerprint density at radius 1 is 0.724 bits per heavy atom. The van der Waals surface area contributed by atoms with Gasteiger partial charge in [-0.15, -0.1) is 34.9 Å². The Bertz CT molecular complexity index is 987. The molecule has 0 unspecified atom stereocenters.